The number of hydrogen-bond acceptors (Lipinski definition) is 4. The Balaban J connectivity index is 2.08. The second kappa shape index (κ2) is 7.20. The van der Waals surface area contributed by atoms with E-state index in [0.717, 1.165) is 5.56 Å². The molecule has 0 saturated heterocycles. The summed E-state index contributed by atoms with van der Waals surface area (Å²) in [5, 5.41) is 11.4. The van der Waals surface area contributed by atoms with E-state index in [2.05, 4.69) is 5.32 Å². The number of halogens is 1. The summed E-state index contributed by atoms with van der Waals surface area (Å²) >= 11 is 6.25. The van der Waals surface area contributed by atoms with E-state index in [4.69, 9.17) is 16.7 Å². The first-order valence-corrected chi connectivity index (χ1v) is 9.00. The van der Waals surface area contributed by atoms with E-state index < -0.39 is 41.3 Å². The smallest absolute Gasteiger partial charge is 0.322 e. The molecule has 0 aliphatic heterocycles. The highest BCUT2D eigenvalue weighted by Gasteiger charge is 2.49. The minimum Gasteiger partial charge on any atom is -0.480 e. The summed E-state index contributed by atoms with van der Waals surface area (Å²) in [7, 11) is 0. The summed E-state index contributed by atoms with van der Waals surface area (Å²) in [4.78, 5) is 49.0. The second-order valence-corrected chi connectivity index (χ2v) is 7.55. The SMILES string of the molecule is CC1(C)C(=O)C(C(=O)NCC(=O)O)C(=O)c2cc(-c3ccccc3Cl)ccc21. The van der Waals surface area contributed by atoms with Crippen molar-refractivity contribution in [2.24, 2.45) is 5.92 Å². The van der Waals surface area contributed by atoms with Gasteiger partial charge in [-0.15, -0.1) is 0 Å². The lowest BCUT2D eigenvalue weighted by atomic mass is 9.66. The highest BCUT2D eigenvalue weighted by Crippen LogP contribution is 2.39. The molecule has 0 saturated carbocycles. The number of rotatable bonds is 4. The molecule has 0 aromatic heterocycles. The molecule has 0 spiro atoms. The molecule has 2 aromatic rings. The number of ketones is 2. The molecule has 1 atom stereocenters. The van der Waals surface area contributed by atoms with Crippen LogP contribution in [0.2, 0.25) is 5.02 Å². The highest BCUT2D eigenvalue weighted by molar-refractivity contribution is 6.33. The lowest BCUT2D eigenvalue weighted by molar-refractivity contribution is -0.140. The van der Waals surface area contributed by atoms with Crippen LogP contribution in [0.5, 0.6) is 0 Å². The number of amides is 1. The predicted molar refractivity (Wildman–Crippen MR) is 103 cm³/mol. The van der Waals surface area contributed by atoms with E-state index in [-0.39, 0.29) is 5.56 Å². The van der Waals surface area contributed by atoms with Gasteiger partial charge in [-0.05, 0) is 37.1 Å². The van der Waals surface area contributed by atoms with Gasteiger partial charge >= 0.3 is 5.97 Å². The van der Waals surface area contributed by atoms with Crippen LogP contribution in [0, 0.1) is 5.92 Å². The van der Waals surface area contributed by atoms with Crippen LogP contribution in [0.1, 0.15) is 29.8 Å². The molecule has 0 fully saturated rings. The molecule has 1 unspecified atom stereocenters. The van der Waals surface area contributed by atoms with Crippen LogP contribution in [-0.4, -0.2) is 35.1 Å². The number of Topliss-reactive ketones (excluding diaryl/α,β-unsaturated/α-hetero) is 2. The van der Waals surface area contributed by atoms with Crippen molar-refractivity contribution in [1.29, 1.82) is 0 Å². The van der Waals surface area contributed by atoms with Gasteiger partial charge in [-0.25, -0.2) is 0 Å². The van der Waals surface area contributed by atoms with Gasteiger partial charge in [0, 0.05) is 16.1 Å². The predicted octanol–water partition coefficient (Wildman–Crippen LogP) is 2.87. The molecule has 6 nitrogen and oxygen atoms in total. The van der Waals surface area contributed by atoms with Crippen LogP contribution in [0.15, 0.2) is 42.5 Å². The molecule has 2 N–H and O–H groups in total. The Morgan fingerprint density at radius 2 is 1.79 bits per heavy atom. The van der Waals surface area contributed by atoms with Gasteiger partial charge in [-0.3, -0.25) is 19.2 Å². The molecule has 144 valence electrons. The maximum atomic E-state index is 13.0. The monoisotopic (exact) mass is 399 g/mol. The quantitative estimate of drug-likeness (QED) is 0.770. The summed E-state index contributed by atoms with van der Waals surface area (Å²) in [6, 6.07) is 12.3. The molecule has 0 bridgehead atoms. The highest BCUT2D eigenvalue weighted by atomic mass is 35.5. The maximum absolute atomic E-state index is 13.0. The minimum atomic E-state index is -1.58. The topological polar surface area (TPSA) is 101 Å². The molecule has 28 heavy (non-hydrogen) atoms. The van der Waals surface area contributed by atoms with Gasteiger partial charge in [-0.2, -0.15) is 0 Å². The fourth-order valence-electron chi connectivity index (χ4n) is 3.43. The van der Waals surface area contributed by atoms with Gasteiger partial charge in [0.15, 0.2) is 17.5 Å². The molecule has 1 aliphatic rings. The minimum absolute atomic E-state index is 0.262. The Morgan fingerprint density at radius 3 is 2.43 bits per heavy atom. The van der Waals surface area contributed by atoms with Gasteiger partial charge in [0.1, 0.15) is 6.54 Å². The summed E-state index contributed by atoms with van der Waals surface area (Å²) in [5.74, 6) is -4.94. The van der Waals surface area contributed by atoms with E-state index in [1.807, 2.05) is 12.1 Å². The number of fused-ring (bicyclic) bond motifs is 1. The normalized spacial score (nSPS) is 17.8. The third kappa shape index (κ3) is 3.31. The van der Waals surface area contributed by atoms with Crippen molar-refractivity contribution in [2.75, 3.05) is 6.54 Å². The largest absolute Gasteiger partial charge is 0.480 e. The zero-order chi connectivity index (χ0) is 20.6. The van der Waals surface area contributed by atoms with E-state index in [1.165, 1.54) is 0 Å². The summed E-state index contributed by atoms with van der Waals surface area (Å²) < 4.78 is 0. The Morgan fingerprint density at radius 1 is 1.11 bits per heavy atom. The van der Waals surface area contributed by atoms with Crippen molar-refractivity contribution in [3.8, 4) is 11.1 Å². The van der Waals surface area contributed by atoms with Crippen molar-refractivity contribution in [3.63, 3.8) is 0 Å². The Labute approximate surface area is 166 Å². The first-order valence-electron chi connectivity index (χ1n) is 8.62. The fourth-order valence-corrected chi connectivity index (χ4v) is 3.67. The molecular weight excluding hydrogens is 382 g/mol. The van der Waals surface area contributed by atoms with Gasteiger partial charge in [-0.1, -0.05) is 41.9 Å². The molecule has 7 heteroatoms. The Hall–Kier alpha value is -2.99. The van der Waals surface area contributed by atoms with Crippen LogP contribution in [0.3, 0.4) is 0 Å². The lowest BCUT2D eigenvalue weighted by Gasteiger charge is -2.34. The van der Waals surface area contributed by atoms with Crippen LogP contribution < -0.4 is 5.32 Å². The number of nitrogens with one attached hydrogen (secondary N) is 1. The molecule has 0 radical (unpaired) electrons. The van der Waals surface area contributed by atoms with E-state index in [1.54, 1.807) is 44.2 Å². The van der Waals surface area contributed by atoms with Gasteiger partial charge in [0.2, 0.25) is 5.91 Å². The first kappa shape index (κ1) is 19.8. The summed E-state index contributed by atoms with van der Waals surface area (Å²) in [6.45, 7) is 2.63. The molecule has 2 aromatic carbocycles. The number of aliphatic carboxylic acids is 1. The standard InChI is InChI=1S/C21H18ClNO5/c1-21(2)14-8-7-11(12-5-3-4-6-15(12)22)9-13(14)18(26)17(19(21)27)20(28)23-10-16(24)25/h3-9,17H,10H2,1-2H3,(H,23,28)(H,24,25). The fraction of sp³-hybridized carbons (Fsp3) is 0.238. The molecule has 3 rings (SSSR count). The molecular formula is C21H18ClNO5. The summed E-state index contributed by atoms with van der Waals surface area (Å²) in [6.07, 6.45) is 0. The van der Waals surface area contributed by atoms with Crippen LogP contribution in [-0.2, 0) is 19.8 Å². The zero-order valence-electron chi connectivity index (χ0n) is 15.3. The number of hydrogen-bond donors (Lipinski definition) is 2. The van der Waals surface area contributed by atoms with Crippen molar-refractivity contribution in [2.45, 2.75) is 19.3 Å². The van der Waals surface area contributed by atoms with E-state index in [9.17, 15) is 19.2 Å². The average Bonchev–Trinajstić information content (AvgIpc) is 2.65. The van der Waals surface area contributed by atoms with Crippen molar-refractivity contribution < 1.29 is 24.3 Å². The van der Waals surface area contributed by atoms with Gasteiger partial charge in [0.25, 0.3) is 0 Å². The third-order valence-electron chi connectivity index (χ3n) is 4.96. The average molecular weight is 400 g/mol. The number of carbonyl (C=O) groups is 4. The van der Waals surface area contributed by atoms with Crippen molar-refractivity contribution >= 4 is 35.0 Å². The van der Waals surface area contributed by atoms with Crippen LogP contribution in [0.4, 0.5) is 0 Å². The molecule has 1 amide bonds. The number of carboxylic acid groups (broad SMARTS) is 1. The lowest BCUT2D eigenvalue weighted by Crippen LogP contribution is -2.51. The third-order valence-corrected chi connectivity index (χ3v) is 5.29. The number of carboxylic acids is 1. The van der Waals surface area contributed by atoms with Crippen molar-refractivity contribution in [3.05, 3.63) is 58.6 Å². The van der Waals surface area contributed by atoms with Crippen molar-refractivity contribution in [1.82, 2.24) is 5.32 Å². The second-order valence-electron chi connectivity index (χ2n) is 7.14. The summed E-state index contributed by atoms with van der Waals surface area (Å²) in [5.41, 5.74) is 1.12. The molecule has 1 aliphatic carbocycles. The van der Waals surface area contributed by atoms with Gasteiger partial charge in [0.05, 0.1) is 5.41 Å². The Bertz CT molecular complexity index is 1010. The number of carbonyl (C=O) groups excluding carboxylic acids is 3. The van der Waals surface area contributed by atoms with Crippen LogP contribution >= 0.6 is 11.6 Å². The van der Waals surface area contributed by atoms with E-state index in [0.29, 0.717) is 16.1 Å². The zero-order valence-corrected chi connectivity index (χ0v) is 16.0. The van der Waals surface area contributed by atoms with Crippen LogP contribution in [0.25, 0.3) is 11.1 Å². The number of benzene rings is 2. The molecule has 0 heterocycles. The van der Waals surface area contributed by atoms with Gasteiger partial charge < -0.3 is 10.4 Å². The first-order chi connectivity index (χ1) is 13.1. The maximum Gasteiger partial charge on any atom is 0.322 e. The Kier molecular flexibility index (Phi) is 5.08. The van der Waals surface area contributed by atoms with E-state index >= 15 is 0 Å².